The fourth-order valence-corrected chi connectivity index (χ4v) is 1.58. The van der Waals surface area contributed by atoms with E-state index in [-0.39, 0.29) is 0 Å². The summed E-state index contributed by atoms with van der Waals surface area (Å²) in [5.74, 6) is 0. The first-order chi connectivity index (χ1) is 5.43. The molecule has 0 amide bonds. The first-order valence-electron chi connectivity index (χ1n) is 4.75. The van der Waals surface area contributed by atoms with E-state index in [2.05, 4.69) is 12.7 Å². The standard InChI is InChI=1S/C11H18/c1-2-11-9-7-5-3-4-6-8-10-11/h2,9H,1,3-8,10H2. The van der Waals surface area contributed by atoms with Gasteiger partial charge in [0.05, 0.1) is 0 Å². The normalized spacial score (nSPS) is 20.9. The molecular formula is C11H18. The lowest BCUT2D eigenvalue weighted by atomic mass is 10.1. The Morgan fingerprint density at radius 1 is 1.09 bits per heavy atom. The van der Waals surface area contributed by atoms with Crippen molar-refractivity contribution < 1.29 is 0 Å². The molecule has 0 bridgehead atoms. The van der Waals surface area contributed by atoms with Crippen molar-refractivity contribution in [2.45, 2.75) is 44.9 Å². The molecule has 62 valence electrons. The maximum absolute atomic E-state index is 3.82. The number of allylic oxidation sites excluding steroid dienone is 3. The van der Waals surface area contributed by atoms with E-state index in [1.54, 1.807) is 0 Å². The summed E-state index contributed by atoms with van der Waals surface area (Å²) < 4.78 is 0. The Hall–Kier alpha value is -0.520. The molecule has 0 heteroatoms. The van der Waals surface area contributed by atoms with Crippen molar-refractivity contribution in [1.29, 1.82) is 0 Å². The van der Waals surface area contributed by atoms with Gasteiger partial charge in [-0.15, -0.1) is 0 Å². The summed E-state index contributed by atoms with van der Waals surface area (Å²) in [4.78, 5) is 0. The Morgan fingerprint density at radius 2 is 1.82 bits per heavy atom. The van der Waals surface area contributed by atoms with Crippen LogP contribution in [0, 0.1) is 0 Å². The summed E-state index contributed by atoms with van der Waals surface area (Å²) >= 11 is 0. The highest BCUT2D eigenvalue weighted by atomic mass is 14.0. The average Bonchev–Trinajstić information content (AvgIpc) is 2.16. The van der Waals surface area contributed by atoms with E-state index in [4.69, 9.17) is 0 Å². The summed E-state index contributed by atoms with van der Waals surface area (Å²) in [7, 11) is 0. The zero-order chi connectivity index (χ0) is 7.94. The average molecular weight is 150 g/mol. The fourth-order valence-electron chi connectivity index (χ4n) is 1.58. The van der Waals surface area contributed by atoms with Crippen LogP contribution in [-0.2, 0) is 0 Å². The molecule has 0 unspecified atom stereocenters. The van der Waals surface area contributed by atoms with Crippen molar-refractivity contribution in [2.75, 3.05) is 0 Å². The van der Waals surface area contributed by atoms with Gasteiger partial charge in [-0.05, 0) is 25.7 Å². The van der Waals surface area contributed by atoms with Crippen LogP contribution in [0.2, 0.25) is 0 Å². The largest absolute Gasteiger partial charge is 0.0988 e. The highest BCUT2D eigenvalue weighted by molar-refractivity contribution is 5.15. The van der Waals surface area contributed by atoms with E-state index in [0.717, 1.165) is 0 Å². The van der Waals surface area contributed by atoms with Gasteiger partial charge in [0, 0.05) is 0 Å². The molecular weight excluding hydrogens is 132 g/mol. The summed E-state index contributed by atoms with van der Waals surface area (Å²) in [6.07, 6.45) is 13.9. The molecule has 0 N–H and O–H groups in total. The van der Waals surface area contributed by atoms with Crippen LogP contribution in [0.1, 0.15) is 44.9 Å². The minimum Gasteiger partial charge on any atom is -0.0988 e. The van der Waals surface area contributed by atoms with Crippen molar-refractivity contribution in [3.63, 3.8) is 0 Å². The molecule has 1 rings (SSSR count). The topological polar surface area (TPSA) is 0 Å². The lowest BCUT2D eigenvalue weighted by molar-refractivity contribution is 0.630. The second kappa shape index (κ2) is 5.17. The molecule has 0 aliphatic heterocycles. The Balaban J connectivity index is 2.40. The van der Waals surface area contributed by atoms with Crippen molar-refractivity contribution in [2.24, 2.45) is 0 Å². The van der Waals surface area contributed by atoms with Crippen molar-refractivity contribution >= 4 is 0 Å². The van der Waals surface area contributed by atoms with Crippen molar-refractivity contribution in [3.05, 3.63) is 24.3 Å². The van der Waals surface area contributed by atoms with Gasteiger partial charge in [0.25, 0.3) is 0 Å². The van der Waals surface area contributed by atoms with E-state index >= 15 is 0 Å². The van der Waals surface area contributed by atoms with Gasteiger partial charge < -0.3 is 0 Å². The molecule has 0 saturated carbocycles. The summed E-state index contributed by atoms with van der Waals surface area (Å²) in [5, 5.41) is 0. The number of hydrogen-bond donors (Lipinski definition) is 0. The van der Waals surface area contributed by atoms with Gasteiger partial charge in [0.15, 0.2) is 0 Å². The van der Waals surface area contributed by atoms with E-state index in [1.165, 1.54) is 50.5 Å². The molecule has 1 aliphatic carbocycles. The van der Waals surface area contributed by atoms with Gasteiger partial charge >= 0.3 is 0 Å². The molecule has 11 heavy (non-hydrogen) atoms. The quantitative estimate of drug-likeness (QED) is 0.532. The fraction of sp³-hybridized carbons (Fsp3) is 0.636. The number of hydrogen-bond acceptors (Lipinski definition) is 0. The van der Waals surface area contributed by atoms with Gasteiger partial charge in [0.2, 0.25) is 0 Å². The third-order valence-corrected chi connectivity index (χ3v) is 2.34. The second-order valence-corrected chi connectivity index (χ2v) is 3.29. The third-order valence-electron chi connectivity index (χ3n) is 2.34. The molecule has 0 fully saturated rings. The third kappa shape index (κ3) is 3.41. The molecule has 1 aliphatic rings. The predicted molar refractivity (Wildman–Crippen MR) is 50.6 cm³/mol. The van der Waals surface area contributed by atoms with Crippen LogP contribution in [0.3, 0.4) is 0 Å². The zero-order valence-electron chi connectivity index (χ0n) is 7.31. The SMILES string of the molecule is C=CC1=CCCCCCCC1. The molecule has 0 radical (unpaired) electrons. The monoisotopic (exact) mass is 150 g/mol. The molecule has 0 heterocycles. The molecule has 0 nitrogen and oxygen atoms in total. The number of rotatable bonds is 1. The smallest absolute Gasteiger partial charge is 0.0282 e. The molecule has 0 aromatic rings. The van der Waals surface area contributed by atoms with E-state index in [9.17, 15) is 0 Å². The lowest BCUT2D eigenvalue weighted by Gasteiger charge is -1.98. The Labute approximate surface area is 70.0 Å². The molecule has 0 spiro atoms. The highest BCUT2D eigenvalue weighted by Gasteiger charge is 1.97. The summed E-state index contributed by atoms with van der Waals surface area (Å²) in [6, 6.07) is 0. The Bertz CT molecular complexity index is 142. The van der Waals surface area contributed by atoms with Crippen LogP contribution in [0.25, 0.3) is 0 Å². The van der Waals surface area contributed by atoms with Gasteiger partial charge in [-0.1, -0.05) is 43.6 Å². The van der Waals surface area contributed by atoms with E-state index < -0.39 is 0 Å². The molecule has 0 atom stereocenters. The molecule has 0 aromatic heterocycles. The lowest BCUT2D eigenvalue weighted by Crippen LogP contribution is -1.78. The van der Waals surface area contributed by atoms with Crippen LogP contribution in [0.5, 0.6) is 0 Å². The van der Waals surface area contributed by atoms with Crippen molar-refractivity contribution in [1.82, 2.24) is 0 Å². The minimum atomic E-state index is 1.25. The Kier molecular flexibility index (Phi) is 4.03. The molecule has 0 aromatic carbocycles. The van der Waals surface area contributed by atoms with E-state index in [0.29, 0.717) is 0 Å². The highest BCUT2D eigenvalue weighted by Crippen LogP contribution is 2.16. The zero-order valence-corrected chi connectivity index (χ0v) is 7.31. The van der Waals surface area contributed by atoms with Gasteiger partial charge in [-0.25, -0.2) is 0 Å². The predicted octanol–water partition coefficient (Wildman–Crippen LogP) is 3.84. The molecule has 0 saturated heterocycles. The van der Waals surface area contributed by atoms with Crippen LogP contribution < -0.4 is 0 Å². The first-order valence-corrected chi connectivity index (χ1v) is 4.75. The van der Waals surface area contributed by atoms with Crippen molar-refractivity contribution in [3.8, 4) is 0 Å². The Morgan fingerprint density at radius 3 is 2.64 bits per heavy atom. The summed E-state index contributed by atoms with van der Waals surface area (Å²) in [5.41, 5.74) is 1.46. The van der Waals surface area contributed by atoms with Gasteiger partial charge in [-0.3, -0.25) is 0 Å². The van der Waals surface area contributed by atoms with Gasteiger partial charge in [0.1, 0.15) is 0 Å². The maximum Gasteiger partial charge on any atom is -0.0282 e. The van der Waals surface area contributed by atoms with Crippen LogP contribution >= 0.6 is 0 Å². The van der Waals surface area contributed by atoms with Gasteiger partial charge in [-0.2, -0.15) is 0 Å². The summed E-state index contributed by atoms with van der Waals surface area (Å²) in [6.45, 7) is 3.82. The van der Waals surface area contributed by atoms with Crippen LogP contribution in [-0.4, -0.2) is 0 Å². The minimum absolute atomic E-state index is 1.25. The van der Waals surface area contributed by atoms with E-state index in [1.807, 2.05) is 6.08 Å². The van der Waals surface area contributed by atoms with Crippen LogP contribution in [0.15, 0.2) is 24.3 Å². The second-order valence-electron chi connectivity index (χ2n) is 3.29. The first kappa shape index (κ1) is 8.58. The van der Waals surface area contributed by atoms with Crippen LogP contribution in [0.4, 0.5) is 0 Å². The maximum atomic E-state index is 3.82.